The van der Waals surface area contributed by atoms with Gasteiger partial charge in [-0.1, -0.05) is 71.9 Å². The van der Waals surface area contributed by atoms with Crippen molar-refractivity contribution < 1.29 is 8.94 Å². The minimum atomic E-state index is 0.400. The number of aryl methyl sites for hydroxylation is 1. The fourth-order valence-electron chi connectivity index (χ4n) is 2.67. The monoisotopic (exact) mass is 428 g/mol. The van der Waals surface area contributed by atoms with E-state index in [9.17, 15) is 0 Å². The molecule has 0 unspecified atom stereocenters. The Balaban J connectivity index is 1.44. The minimum absolute atomic E-state index is 0.400. The second kappa shape index (κ2) is 9.19. The molecule has 10 heteroatoms. The summed E-state index contributed by atoms with van der Waals surface area (Å²) >= 11 is 3.04. The Morgan fingerprint density at radius 3 is 2.79 bits per heavy atom. The van der Waals surface area contributed by atoms with Crippen LogP contribution < -0.4 is 5.32 Å². The zero-order chi connectivity index (χ0) is 20.1. The lowest BCUT2D eigenvalue weighted by Gasteiger charge is -1.98. The van der Waals surface area contributed by atoms with E-state index >= 15 is 0 Å². The second-order valence-corrected chi connectivity index (χ2v) is 8.47. The number of nitrogens with one attached hydrogen (secondary N) is 1. The van der Waals surface area contributed by atoms with Crippen molar-refractivity contribution in [1.82, 2.24) is 25.6 Å². The van der Waals surface area contributed by atoms with Gasteiger partial charge in [0.05, 0.1) is 5.75 Å². The van der Waals surface area contributed by atoms with Crippen LogP contribution in [0.1, 0.15) is 31.4 Å². The molecule has 4 aromatic rings. The molecule has 0 aliphatic rings. The van der Waals surface area contributed by atoms with Crippen LogP contribution in [0.4, 0.5) is 5.13 Å². The van der Waals surface area contributed by atoms with E-state index in [0.29, 0.717) is 29.0 Å². The lowest BCUT2D eigenvalue weighted by molar-refractivity contribution is 0.399. The van der Waals surface area contributed by atoms with Crippen LogP contribution in [0.25, 0.3) is 22.7 Å². The molecule has 3 aromatic heterocycles. The molecule has 0 radical (unpaired) electrons. The van der Waals surface area contributed by atoms with Crippen LogP contribution in [-0.2, 0) is 5.75 Å². The maximum Gasteiger partial charge on any atom is 0.253 e. The predicted molar refractivity (Wildman–Crippen MR) is 113 cm³/mol. The number of thioether (sulfide) groups is 1. The molecule has 29 heavy (non-hydrogen) atoms. The highest BCUT2D eigenvalue weighted by molar-refractivity contribution is 8.00. The van der Waals surface area contributed by atoms with Crippen molar-refractivity contribution in [3.8, 4) is 22.7 Å². The summed E-state index contributed by atoms with van der Waals surface area (Å²) < 4.78 is 12.1. The Hall–Kier alpha value is -2.72. The molecule has 0 saturated heterocycles. The first kappa shape index (κ1) is 19.6. The van der Waals surface area contributed by atoms with Crippen molar-refractivity contribution in [3.05, 3.63) is 42.0 Å². The number of benzene rings is 1. The molecule has 0 fully saturated rings. The Labute approximate surface area is 176 Å². The normalized spacial score (nSPS) is 11.1. The maximum absolute atomic E-state index is 5.88. The third-order valence-corrected chi connectivity index (χ3v) is 6.12. The fourth-order valence-corrected chi connectivity index (χ4v) is 4.28. The number of aromatic nitrogens is 5. The number of rotatable bonds is 9. The van der Waals surface area contributed by atoms with E-state index < -0.39 is 0 Å². The molecule has 0 aliphatic carbocycles. The van der Waals surface area contributed by atoms with Gasteiger partial charge in [0.1, 0.15) is 17.0 Å². The van der Waals surface area contributed by atoms with Gasteiger partial charge in [0.15, 0.2) is 4.34 Å². The van der Waals surface area contributed by atoms with Gasteiger partial charge in [-0.05, 0) is 13.3 Å². The molecular weight excluding hydrogens is 408 g/mol. The van der Waals surface area contributed by atoms with Gasteiger partial charge < -0.3 is 14.3 Å². The molecule has 0 amide bonds. The van der Waals surface area contributed by atoms with Crippen LogP contribution in [0.15, 0.2) is 43.6 Å². The smallest absolute Gasteiger partial charge is 0.253 e. The summed E-state index contributed by atoms with van der Waals surface area (Å²) in [6.45, 7) is 4.90. The quantitative estimate of drug-likeness (QED) is 0.289. The molecule has 0 atom stereocenters. The Morgan fingerprint density at radius 2 is 1.97 bits per heavy atom. The SMILES string of the molecule is CCCCNc1nnc(SCc2nnc(-c3c(-c4ccccc4)noc3C)o2)s1. The number of unbranched alkanes of at least 4 members (excludes halogenated alkanes) is 1. The first-order chi connectivity index (χ1) is 14.2. The molecule has 1 N–H and O–H groups in total. The van der Waals surface area contributed by atoms with Crippen molar-refractivity contribution in [3.63, 3.8) is 0 Å². The van der Waals surface area contributed by atoms with Crippen LogP contribution in [0.2, 0.25) is 0 Å². The highest BCUT2D eigenvalue weighted by atomic mass is 32.2. The molecular formula is C19H20N6O2S2. The van der Waals surface area contributed by atoms with Gasteiger partial charge in [0.2, 0.25) is 11.0 Å². The van der Waals surface area contributed by atoms with Gasteiger partial charge in [-0.2, -0.15) is 0 Å². The average Bonchev–Trinajstić information content (AvgIpc) is 3.47. The Bertz CT molecular complexity index is 1060. The fraction of sp³-hybridized carbons (Fsp3) is 0.316. The highest BCUT2D eigenvalue weighted by Crippen LogP contribution is 2.34. The molecule has 1 aromatic carbocycles. The third-order valence-electron chi connectivity index (χ3n) is 4.12. The predicted octanol–water partition coefficient (Wildman–Crippen LogP) is 5.06. The number of hydrogen-bond donors (Lipinski definition) is 1. The second-order valence-electron chi connectivity index (χ2n) is 6.27. The molecule has 4 rings (SSSR count). The summed E-state index contributed by atoms with van der Waals surface area (Å²) in [4.78, 5) is 0. The molecule has 0 spiro atoms. The number of anilines is 1. The largest absolute Gasteiger partial charge is 0.420 e. The van der Waals surface area contributed by atoms with Gasteiger partial charge in [0.25, 0.3) is 5.89 Å². The van der Waals surface area contributed by atoms with E-state index in [-0.39, 0.29) is 0 Å². The summed E-state index contributed by atoms with van der Waals surface area (Å²) in [5.41, 5.74) is 2.35. The molecule has 0 saturated carbocycles. The first-order valence-electron chi connectivity index (χ1n) is 9.29. The Morgan fingerprint density at radius 1 is 1.10 bits per heavy atom. The topological polar surface area (TPSA) is 103 Å². The minimum Gasteiger partial charge on any atom is -0.420 e. The van der Waals surface area contributed by atoms with Crippen LogP contribution in [0.3, 0.4) is 0 Å². The molecule has 0 bridgehead atoms. The van der Waals surface area contributed by atoms with E-state index in [0.717, 1.165) is 40.0 Å². The molecule has 8 nitrogen and oxygen atoms in total. The van der Waals surface area contributed by atoms with E-state index in [1.165, 1.54) is 23.1 Å². The summed E-state index contributed by atoms with van der Waals surface area (Å²) in [5, 5.41) is 25.0. The number of hydrogen-bond acceptors (Lipinski definition) is 10. The van der Waals surface area contributed by atoms with Crippen LogP contribution in [0, 0.1) is 6.92 Å². The molecule has 0 aliphatic heterocycles. The molecule has 150 valence electrons. The van der Waals surface area contributed by atoms with Crippen molar-refractivity contribution in [2.24, 2.45) is 0 Å². The lowest BCUT2D eigenvalue weighted by Crippen LogP contribution is -1.99. The van der Waals surface area contributed by atoms with Crippen LogP contribution in [0.5, 0.6) is 0 Å². The number of nitrogens with zero attached hydrogens (tertiary/aromatic N) is 5. The van der Waals surface area contributed by atoms with E-state index in [4.69, 9.17) is 8.94 Å². The van der Waals surface area contributed by atoms with Crippen molar-refractivity contribution in [1.29, 1.82) is 0 Å². The average molecular weight is 429 g/mol. The zero-order valence-electron chi connectivity index (χ0n) is 16.1. The third kappa shape index (κ3) is 4.65. The summed E-state index contributed by atoms with van der Waals surface area (Å²) in [7, 11) is 0. The summed E-state index contributed by atoms with van der Waals surface area (Å²) in [5.74, 6) is 2.07. The first-order valence-corrected chi connectivity index (χ1v) is 11.1. The zero-order valence-corrected chi connectivity index (χ0v) is 17.7. The van der Waals surface area contributed by atoms with Gasteiger partial charge in [-0.3, -0.25) is 0 Å². The van der Waals surface area contributed by atoms with Crippen LogP contribution >= 0.6 is 23.1 Å². The van der Waals surface area contributed by atoms with Gasteiger partial charge in [0, 0.05) is 12.1 Å². The summed E-state index contributed by atoms with van der Waals surface area (Å²) in [6.07, 6.45) is 2.25. The van der Waals surface area contributed by atoms with E-state index in [1.54, 1.807) is 0 Å². The van der Waals surface area contributed by atoms with Crippen molar-refractivity contribution >= 4 is 28.2 Å². The summed E-state index contributed by atoms with van der Waals surface area (Å²) in [6, 6.07) is 9.79. The van der Waals surface area contributed by atoms with Crippen molar-refractivity contribution in [2.75, 3.05) is 11.9 Å². The van der Waals surface area contributed by atoms with Gasteiger partial charge >= 0.3 is 0 Å². The van der Waals surface area contributed by atoms with Crippen molar-refractivity contribution in [2.45, 2.75) is 36.8 Å². The maximum atomic E-state index is 5.88. The van der Waals surface area contributed by atoms with Gasteiger partial charge in [-0.15, -0.1) is 20.4 Å². The lowest BCUT2D eigenvalue weighted by atomic mass is 10.1. The standard InChI is InChI=1S/C19H20N6O2S2/c1-3-4-10-20-18-23-24-19(29-18)28-11-14-21-22-17(26-14)15-12(2)27-25-16(15)13-8-6-5-7-9-13/h5-9H,3-4,10-11H2,1-2H3,(H,20,23). The molecule has 3 heterocycles. The van der Waals surface area contributed by atoms with E-state index in [1.807, 2.05) is 37.3 Å². The van der Waals surface area contributed by atoms with Gasteiger partial charge in [-0.25, -0.2) is 0 Å². The highest BCUT2D eigenvalue weighted by Gasteiger charge is 2.22. The van der Waals surface area contributed by atoms with Crippen LogP contribution in [-0.4, -0.2) is 32.1 Å². The van der Waals surface area contributed by atoms with E-state index in [2.05, 4.69) is 37.8 Å². The Kier molecular flexibility index (Phi) is 6.20.